The van der Waals surface area contributed by atoms with Gasteiger partial charge in [-0.1, -0.05) is 25.4 Å². The maximum Gasteiger partial charge on any atom is 0.345 e. The molecule has 0 saturated heterocycles. The highest BCUT2D eigenvalue weighted by atomic mass is 35.5. The molecule has 162 valence electrons. The van der Waals surface area contributed by atoms with Crippen LogP contribution in [0.1, 0.15) is 42.1 Å². The van der Waals surface area contributed by atoms with E-state index in [0.29, 0.717) is 53.0 Å². The number of fused-ring (bicyclic) bond motifs is 3. The Balaban J connectivity index is 2.16. The number of hydrogen-bond donors (Lipinski definition) is 3. The fourth-order valence-electron chi connectivity index (χ4n) is 3.51. The van der Waals surface area contributed by atoms with Gasteiger partial charge in [0.05, 0.1) is 23.9 Å². The lowest BCUT2D eigenvalue weighted by Gasteiger charge is -2.22. The molecule has 30 heavy (non-hydrogen) atoms. The van der Waals surface area contributed by atoms with Crippen molar-refractivity contribution in [3.8, 4) is 28.5 Å². The number of carbonyl (C=O) groups is 1. The van der Waals surface area contributed by atoms with Crippen LogP contribution in [-0.2, 0) is 4.74 Å². The molecule has 3 rings (SSSR count). The van der Waals surface area contributed by atoms with E-state index in [4.69, 9.17) is 25.8 Å². The molecular weight excluding hydrogens is 414 g/mol. The van der Waals surface area contributed by atoms with Crippen LogP contribution in [0, 0.1) is 5.92 Å². The van der Waals surface area contributed by atoms with Gasteiger partial charge in [-0.2, -0.15) is 0 Å². The van der Waals surface area contributed by atoms with Crippen LogP contribution >= 0.6 is 11.6 Å². The van der Waals surface area contributed by atoms with Crippen LogP contribution in [-0.4, -0.2) is 48.1 Å². The van der Waals surface area contributed by atoms with E-state index >= 15 is 0 Å². The zero-order valence-corrected chi connectivity index (χ0v) is 17.7. The summed E-state index contributed by atoms with van der Waals surface area (Å²) in [5, 5.41) is 20.4. The first-order valence-corrected chi connectivity index (χ1v) is 9.94. The van der Waals surface area contributed by atoms with Crippen LogP contribution in [0.15, 0.2) is 16.9 Å². The second-order valence-electron chi connectivity index (χ2n) is 7.41. The minimum Gasteiger partial charge on any atom is -0.506 e. The van der Waals surface area contributed by atoms with E-state index in [9.17, 15) is 19.8 Å². The monoisotopic (exact) mass is 437 g/mol. The SMILES string of the molecule is COCCCOc1cc2c(cc1Cl)-c1[nH]c(=O)c(C(=O)O)c(O)c1[C@H](C(C)C)CO2. The standard InChI is InChI=1S/C21H24ClNO7/c1-10(2)12-9-30-14-8-15(29-6-4-5-28-3)13(22)7-11(14)18-16(12)19(24)17(21(26)27)20(25)23-18/h7-8,10,12H,4-6,9H2,1-3H3,(H,26,27)(H2,23,24,25)/t12-/m0/s1. The summed E-state index contributed by atoms with van der Waals surface area (Å²) in [5.41, 5.74) is -0.518. The number of rotatable bonds is 7. The first-order chi connectivity index (χ1) is 14.3. The molecule has 3 N–H and O–H groups in total. The smallest absolute Gasteiger partial charge is 0.345 e. The molecule has 0 radical (unpaired) electrons. The van der Waals surface area contributed by atoms with Crippen LogP contribution in [0.5, 0.6) is 17.2 Å². The number of pyridine rings is 1. The Morgan fingerprint density at radius 3 is 2.73 bits per heavy atom. The van der Waals surface area contributed by atoms with E-state index in [2.05, 4.69) is 4.98 Å². The average Bonchev–Trinajstić information content (AvgIpc) is 2.82. The fraction of sp³-hybridized carbons (Fsp3) is 0.429. The number of aromatic amines is 1. The van der Waals surface area contributed by atoms with E-state index in [1.54, 1.807) is 19.2 Å². The van der Waals surface area contributed by atoms with Crippen LogP contribution < -0.4 is 15.0 Å². The number of methoxy groups -OCH3 is 1. The molecule has 8 nitrogen and oxygen atoms in total. The fourth-order valence-corrected chi connectivity index (χ4v) is 3.73. The molecule has 9 heteroatoms. The summed E-state index contributed by atoms with van der Waals surface area (Å²) in [5.74, 6) is -1.56. The quantitative estimate of drug-likeness (QED) is 0.566. The van der Waals surface area contributed by atoms with Gasteiger partial charge in [-0.3, -0.25) is 4.79 Å². The van der Waals surface area contributed by atoms with Gasteiger partial charge in [0.15, 0.2) is 5.56 Å². The Kier molecular flexibility index (Phi) is 6.58. The summed E-state index contributed by atoms with van der Waals surface area (Å²) >= 11 is 6.39. The molecule has 0 bridgehead atoms. The van der Waals surface area contributed by atoms with Crippen LogP contribution in [0.25, 0.3) is 11.3 Å². The Hall–Kier alpha value is -2.71. The molecule has 1 aromatic carbocycles. The van der Waals surface area contributed by atoms with Gasteiger partial charge in [0.2, 0.25) is 0 Å². The molecule has 0 aliphatic carbocycles. The number of benzene rings is 1. The van der Waals surface area contributed by atoms with Crippen molar-refractivity contribution in [2.45, 2.75) is 26.2 Å². The molecule has 2 heterocycles. The largest absolute Gasteiger partial charge is 0.506 e. The average molecular weight is 438 g/mol. The van der Waals surface area contributed by atoms with Crippen molar-refractivity contribution in [3.63, 3.8) is 0 Å². The molecule has 1 aliphatic rings. The lowest BCUT2D eigenvalue weighted by atomic mass is 9.85. The molecular formula is C21H24ClNO7. The van der Waals surface area contributed by atoms with Crippen LogP contribution in [0.2, 0.25) is 5.02 Å². The highest BCUT2D eigenvalue weighted by Gasteiger charge is 2.33. The number of hydrogen-bond acceptors (Lipinski definition) is 6. The van der Waals surface area contributed by atoms with Crippen molar-refractivity contribution < 1.29 is 29.2 Å². The van der Waals surface area contributed by atoms with Crippen molar-refractivity contribution in [3.05, 3.63) is 38.6 Å². The van der Waals surface area contributed by atoms with Crippen molar-refractivity contribution in [2.24, 2.45) is 5.92 Å². The summed E-state index contributed by atoms with van der Waals surface area (Å²) < 4.78 is 16.7. The molecule has 0 unspecified atom stereocenters. The maximum absolute atomic E-state index is 12.4. The summed E-state index contributed by atoms with van der Waals surface area (Å²) in [6, 6.07) is 3.22. The van der Waals surface area contributed by atoms with E-state index in [-0.39, 0.29) is 18.4 Å². The Bertz CT molecular complexity index is 1020. The van der Waals surface area contributed by atoms with Gasteiger partial charge in [0.1, 0.15) is 17.2 Å². The minimum atomic E-state index is -1.50. The van der Waals surface area contributed by atoms with Gasteiger partial charge in [0.25, 0.3) is 5.56 Å². The maximum atomic E-state index is 12.4. The third-order valence-corrected chi connectivity index (χ3v) is 5.38. The second kappa shape index (κ2) is 8.97. The van der Waals surface area contributed by atoms with E-state index in [0.717, 1.165) is 0 Å². The molecule has 0 fully saturated rings. The molecule has 1 aromatic heterocycles. The molecule has 0 amide bonds. The van der Waals surface area contributed by atoms with Crippen LogP contribution in [0.4, 0.5) is 0 Å². The minimum absolute atomic E-state index is 0.00301. The summed E-state index contributed by atoms with van der Waals surface area (Å²) in [6.45, 7) is 4.99. The lowest BCUT2D eigenvalue weighted by molar-refractivity contribution is 0.0691. The molecule has 0 saturated carbocycles. The number of aromatic carboxylic acids is 1. The zero-order chi connectivity index (χ0) is 22.0. The topological polar surface area (TPSA) is 118 Å². The van der Waals surface area contributed by atoms with Gasteiger partial charge >= 0.3 is 5.97 Å². The van der Waals surface area contributed by atoms with Gasteiger partial charge in [-0.15, -0.1) is 0 Å². The normalized spacial score (nSPS) is 15.2. The van der Waals surface area contributed by atoms with E-state index in [1.807, 2.05) is 13.8 Å². The number of carboxylic acids is 1. The first-order valence-electron chi connectivity index (χ1n) is 9.57. The third kappa shape index (κ3) is 4.11. The van der Waals surface area contributed by atoms with Crippen LogP contribution in [0.3, 0.4) is 0 Å². The Morgan fingerprint density at radius 1 is 1.37 bits per heavy atom. The Morgan fingerprint density at radius 2 is 2.10 bits per heavy atom. The first kappa shape index (κ1) is 22.0. The van der Waals surface area contributed by atoms with Crippen molar-refractivity contribution in [1.82, 2.24) is 4.98 Å². The number of H-pyrrole nitrogens is 1. The Labute approximate surface area is 178 Å². The predicted molar refractivity (Wildman–Crippen MR) is 111 cm³/mol. The van der Waals surface area contributed by atoms with E-state index in [1.165, 1.54) is 0 Å². The van der Waals surface area contributed by atoms with Gasteiger partial charge in [0, 0.05) is 43.2 Å². The van der Waals surface area contributed by atoms with Gasteiger partial charge in [-0.25, -0.2) is 4.79 Å². The number of halogens is 1. The van der Waals surface area contributed by atoms with E-state index < -0.39 is 22.8 Å². The molecule has 2 aromatic rings. The number of carboxylic acid groups (broad SMARTS) is 1. The second-order valence-corrected chi connectivity index (χ2v) is 7.81. The highest BCUT2D eigenvalue weighted by molar-refractivity contribution is 6.32. The number of aromatic hydroxyl groups is 1. The number of aromatic nitrogens is 1. The molecule has 1 atom stereocenters. The summed E-state index contributed by atoms with van der Waals surface area (Å²) in [7, 11) is 1.61. The number of ether oxygens (including phenoxy) is 3. The predicted octanol–water partition coefficient (Wildman–Crippen LogP) is 3.65. The van der Waals surface area contributed by atoms with Crippen molar-refractivity contribution in [2.75, 3.05) is 26.9 Å². The summed E-state index contributed by atoms with van der Waals surface area (Å²) in [6.07, 6.45) is 0.683. The van der Waals surface area contributed by atoms with Gasteiger partial charge < -0.3 is 29.4 Å². The summed E-state index contributed by atoms with van der Waals surface area (Å²) in [4.78, 5) is 26.5. The highest BCUT2D eigenvalue weighted by Crippen LogP contribution is 2.47. The molecule has 0 spiro atoms. The third-order valence-electron chi connectivity index (χ3n) is 5.09. The molecule has 1 aliphatic heterocycles. The van der Waals surface area contributed by atoms with Gasteiger partial charge in [-0.05, 0) is 12.0 Å². The zero-order valence-electron chi connectivity index (χ0n) is 17.0. The number of nitrogens with one attached hydrogen (secondary N) is 1. The lowest BCUT2D eigenvalue weighted by Crippen LogP contribution is -2.23. The van der Waals surface area contributed by atoms with Crippen molar-refractivity contribution in [1.29, 1.82) is 0 Å². The van der Waals surface area contributed by atoms with Crippen molar-refractivity contribution >= 4 is 17.6 Å².